The second kappa shape index (κ2) is 12.3. The van der Waals surface area contributed by atoms with Crippen molar-refractivity contribution in [1.82, 2.24) is 0 Å². The van der Waals surface area contributed by atoms with E-state index < -0.39 is 29.1 Å². The summed E-state index contributed by atoms with van der Waals surface area (Å²) in [7, 11) is -8.12. The molecule has 0 amide bonds. The number of benzene rings is 8. The van der Waals surface area contributed by atoms with Crippen molar-refractivity contribution in [3.63, 3.8) is 0 Å². The van der Waals surface area contributed by atoms with Crippen LogP contribution in [0.3, 0.4) is 0 Å². The topological polar surface area (TPSA) is 9.23 Å². The predicted octanol–water partition coefficient (Wildman–Crippen LogP) is 8.97. The molecule has 0 atom stereocenters. The van der Waals surface area contributed by atoms with Crippen LogP contribution in [0.2, 0.25) is 13.0 Å². The third-order valence-electron chi connectivity index (χ3n) is 11.1. The quantitative estimate of drug-likeness (QED) is 0.131. The smallest absolute Gasteiger partial charge is 0.183 e. The summed E-state index contributed by atoms with van der Waals surface area (Å²) in [4.78, 5) is 0. The first-order chi connectivity index (χ1) is 28.6. The predicted molar refractivity (Wildman–Crippen MR) is 229 cm³/mol. The summed E-state index contributed by atoms with van der Waals surface area (Å²) >= 11 is 0. The van der Waals surface area contributed by atoms with Gasteiger partial charge in [-0.05, 0) is 81.7 Å². The maximum atomic E-state index is 9.12. The lowest BCUT2D eigenvalue weighted by atomic mass is 9.81. The summed E-state index contributed by atoms with van der Waals surface area (Å²) in [5, 5.41) is 4.52. The summed E-state index contributed by atoms with van der Waals surface area (Å²) in [5.74, 6) is 0.633. The van der Waals surface area contributed by atoms with E-state index >= 15 is 0 Å². The Morgan fingerprint density at radius 3 is 1.40 bits per heavy atom. The van der Waals surface area contributed by atoms with Gasteiger partial charge < -0.3 is 4.74 Å². The lowest BCUT2D eigenvalue weighted by molar-refractivity contribution is 0.490. The molecule has 1 nitrogen and oxygen atoms in total. The molecule has 0 saturated carbocycles. The minimum absolute atomic E-state index is 0.271. The molecule has 0 spiro atoms. The normalized spacial score (nSPS) is 15.5. The molecule has 3 heteroatoms. The minimum atomic E-state index is -4.60. The lowest BCUT2D eigenvalue weighted by Crippen LogP contribution is -2.75. The highest BCUT2D eigenvalue weighted by Gasteiger charge is 2.47. The van der Waals surface area contributed by atoms with Crippen LogP contribution in [0.25, 0.3) is 44.5 Å². The van der Waals surface area contributed by atoms with Crippen molar-refractivity contribution in [2.24, 2.45) is 0 Å². The molecule has 1 heterocycles. The van der Waals surface area contributed by atoms with Crippen LogP contribution in [0.15, 0.2) is 194 Å². The second-order valence-electron chi connectivity index (χ2n) is 13.9. The van der Waals surface area contributed by atoms with Gasteiger partial charge in [0.25, 0.3) is 0 Å². The molecule has 0 bridgehead atoms. The molecule has 0 N–H and O–H groups in total. The average Bonchev–Trinajstić information content (AvgIpc) is 3.25. The first-order valence-electron chi connectivity index (χ1n) is 21.0. The van der Waals surface area contributed by atoms with Gasteiger partial charge in [-0.3, -0.25) is 0 Å². The van der Waals surface area contributed by atoms with Crippen LogP contribution in [-0.2, 0) is 0 Å². The third kappa shape index (κ3) is 4.74. The molecule has 10 rings (SSSR count). The van der Waals surface area contributed by atoms with Gasteiger partial charge in [0.2, 0.25) is 0 Å². The zero-order valence-electron chi connectivity index (χ0n) is 34.9. The van der Waals surface area contributed by atoms with Crippen molar-refractivity contribution in [1.29, 1.82) is 0 Å². The second-order valence-corrected chi connectivity index (χ2v) is 20.3. The maximum Gasteiger partial charge on any atom is 0.183 e. The van der Waals surface area contributed by atoms with E-state index in [9.17, 15) is 0 Å². The summed E-state index contributed by atoms with van der Waals surface area (Å²) in [6.45, 7) is -5.66. The molecule has 0 radical (unpaired) electrons. The van der Waals surface area contributed by atoms with Crippen LogP contribution in [0.4, 0.5) is 0 Å². The van der Waals surface area contributed by atoms with Gasteiger partial charge in [0, 0.05) is 8.22 Å². The monoisotopic (exact) mass is 716 g/mol. The van der Waals surface area contributed by atoms with E-state index in [4.69, 9.17) is 13.0 Å². The van der Waals surface area contributed by atoms with E-state index in [2.05, 4.69) is 115 Å². The van der Waals surface area contributed by atoms with Crippen molar-refractivity contribution in [2.75, 3.05) is 0 Å². The van der Waals surface area contributed by atoms with Gasteiger partial charge in [-0.25, -0.2) is 0 Å². The van der Waals surface area contributed by atoms with Gasteiger partial charge in [-0.15, -0.1) is 0 Å². The van der Waals surface area contributed by atoms with Gasteiger partial charge in [-0.1, -0.05) is 201 Å². The van der Waals surface area contributed by atoms with Crippen molar-refractivity contribution < 1.29 is 13.0 Å². The lowest BCUT2D eigenvalue weighted by Gasteiger charge is -2.40. The molecule has 8 aromatic rings. The molecule has 0 saturated heterocycles. The highest BCUT2D eigenvalue weighted by Crippen LogP contribution is 2.47. The maximum absolute atomic E-state index is 9.12. The Morgan fingerprint density at radius 1 is 0.396 bits per heavy atom. The summed E-state index contributed by atoms with van der Waals surface area (Å²) in [5.41, 5.74) is 9.03. The fraction of sp³-hybridized carbons (Fsp3) is 0.0400. The minimum Gasteiger partial charge on any atom is -0.458 e. The van der Waals surface area contributed by atoms with E-state index in [1.54, 1.807) is 30.3 Å². The largest absolute Gasteiger partial charge is 0.458 e. The number of para-hydroxylation sites is 2. The fourth-order valence-corrected chi connectivity index (χ4v) is 15.8. The summed E-state index contributed by atoms with van der Waals surface area (Å²) < 4.78 is 61.7. The van der Waals surface area contributed by atoms with Gasteiger partial charge in [0.15, 0.2) is 8.07 Å². The number of hydrogen-bond donors (Lipinski definition) is 0. The van der Waals surface area contributed by atoms with Gasteiger partial charge >= 0.3 is 0 Å². The van der Waals surface area contributed by atoms with Gasteiger partial charge in [0.1, 0.15) is 19.6 Å². The van der Waals surface area contributed by atoms with E-state index in [0.29, 0.717) is 5.75 Å². The van der Waals surface area contributed by atoms with Crippen LogP contribution in [0, 0.1) is 0 Å². The number of fused-ring (bicyclic) bond motifs is 10. The summed E-state index contributed by atoms with van der Waals surface area (Å²) in [6, 6.07) is 65.9. The first-order valence-corrected chi connectivity index (χ1v) is 22.0. The van der Waals surface area contributed by atoms with E-state index in [1.807, 2.05) is 48.5 Å². The zero-order valence-corrected chi connectivity index (χ0v) is 30.9. The number of ether oxygens (including phenoxy) is 1. The van der Waals surface area contributed by atoms with E-state index in [-0.39, 0.29) is 16.1 Å². The van der Waals surface area contributed by atoms with Crippen LogP contribution >= 0.6 is 0 Å². The van der Waals surface area contributed by atoms with Crippen molar-refractivity contribution >= 4 is 47.3 Å². The molecule has 8 aromatic carbocycles. The Kier molecular flexibility index (Phi) is 6.00. The average molecular weight is 717 g/mol. The Labute approximate surface area is 322 Å². The van der Waals surface area contributed by atoms with Crippen molar-refractivity contribution in [3.8, 4) is 56.0 Å². The molecule has 0 unspecified atom stereocenters. The molecule has 2 aliphatic rings. The highest BCUT2D eigenvalue weighted by atomic mass is 28.3. The molecular formula is C50H38OSi2. The van der Waals surface area contributed by atoms with E-state index in [0.717, 1.165) is 59.7 Å². The van der Waals surface area contributed by atoms with Crippen LogP contribution in [0.1, 0.15) is 8.22 Å². The van der Waals surface area contributed by atoms with Crippen molar-refractivity contribution in [2.45, 2.75) is 13.0 Å². The fourth-order valence-electron chi connectivity index (χ4n) is 8.79. The van der Waals surface area contributed by atoms with Gasteiger partial charge in [-0.2, -0.15) is 0 Å². The summed E-state index contributed by atoms with van der Waals surface area (Å²) in [6.07, 6.45) is 0. The SMILES string of the molecule is [2H]C([2H])([2H])[Si]1(C([2H])([2H])[2H])c2ccccc2Oc2c([Si](c3ccccc3)(c3ccccc3)c3ccc4c(c3)-c3ccccc3-c3ccccc3-c3ccccc3-4)cccc21. The Bertz CT molecular complexity index is 2850. The Hall–Kier alpha value is -6.01. The first kappa shape index (κ1) is 25.9. The molecule has 252 valence electrons. The third-order valence-corrected chi connectivity index (χ3v) is 18.3. The Balaban J connectivity index is 1.36. The van der Waals surface area contributed by atoms with Gasteiger partial charge in [0.05, 0.1) is 0 Å². The molecule has 53 heavy (non-hydrogen) atoms. The molecule has 1 aliphatic heterocycles. The molecular weight excluding hydrogens is 673 g/mol. The zero-order chi connectivity index (χ0) is 40.6. The molecule has 0 fully saturated rings. The molecule has 1 aliphatic carbocycles. The van der Waals surface area contributed by atoms with Crippen LogP contribution in [-0.4, -0.2) is 16.1 Å². The Morgan fingerprint density at radius 2 is 0.849 bits per heavy atom. The number of hydrogen-bond acceptors (Lipinski definition) is 1. The molecule has 0 aromatic heterocycles. The van der Waals surface area contributed by atoms with E-state index in [1.165, 1.54) is 5.56 Å². The van der Waals surface area contributed by atoms with Crippen LogP contribution in [0.5, 0.6) is 11.5 Å². The van der Waals surface area contributed by atoms with Crippen LogP contribution < -0.4 is 35.9 Å². The highest BCUT2D eigenvalue weighted by molar-refractivity contribution is 7.20. The standard InChI is InChI=1S/C50H38OSi2/c1-52(2)47-29-16-15-28-46(47)51-50-48(52)30-17-31-49(50)53(35-18-5-3-6-19-35,36-20-7-4-8-21-36)37-32-33-44-42-26-12-11-24-40(42)38-22-9-10-23-39(38)41-25-13-14-27-43(41)45(44)34-37/h3-34H,1-2H3/i1D3,2D3. The van der Waals surface area contributed by atoms with Crippen molar-refractivity contribution in [3.05, 3.63) is 194 Å². The number of rotatable bonds is 4.